The molecule has 3 heterocycles. The highest BCUT2D eigenvalue weighted by molar-refractivity contribution is 5.91. The number of hydrogen-bond acceptors (Lipinski definition) is 8. The number of methoxy groups -OCH3 is 1. The third-order valence-corrected chi connectivity index (χ3v) is 5.02. The zero-order valence-electron chi connectivity index (χ0n) is 16.5. The van der Waals surface area contributed by atoms with Crippen LogP contribution in [0.3, 0.4) is 0 Å². The van der Waals surface area contributed by atoms with E-state index in [0.717, 1.165) is 55.1 Å². The van der Waals surface area contributed by atoms with Gasteiger partial charge in [-0.25, -0.2) is 15.0 Å². The molecule has 0 saturated carbocycles. The van der Waals surface area contributed by atoms with Gasteiger partial charge in [-0.15, -0.1) is 0 Å². The number of piperazine rings is 1. The third-order valence-electron chi connectivity index (χ3n) is 5.02. The lowest BCUT2D eigenvalue weighted by atomic mass is 10.1. The van der Waals surface area contributed by atoms with E-state index in [9.17, 15) is 0 Å². The molecule has 0 unspecified atom stereocenters. The molecule has 0 aliphatic carbocycles. The standard InChI is InChI=1S/C20H25N7O/c1-25(2)19-17-12-16(4-5-18(17)22-14-23-19)27-10-8-26(9-11-27)13-15-6-7-21-20(24-15)28-3/h4-7,12,14H,8-11,13H2,1-3H3. The Labute approximate surface area is 164 Å². The molecule has 1 aliphatic heterocycles. The first-order valence-electron chi connectivity index (χ1n) is 9.39. The maximum atomic E-state index is 5.12. The monoisotopic (exact) mass is 379 g/mol. The number of fused-ring (bicyclic) bond motifs is 1. The average Bonchev–Trinajstić information content (AvgIpc) is 2.73. The van der Waals surface area contributed by atoms with E-state index in [1.165, 1.54) is 5.69 Å². The van der Waals surface area contributed by atoms with E-state index < -0.39 is 0 Å². The summed E-state index contributed by atoms with van der Waals surface area (Å²) in [5, 5.41) is 1.08. The SMILES string of the molecule is COc1nccc(CN2CCN(c3ccc4ncnc(N(C)C)c4c3)CC2)n1. The highest BCUT2D eigenvalue weighted by atomic mass is 16.5. The van der Waals surface area contributed by atoms with Crippen LogP contribution in [-0.4, -0.2) is 72.2 Å². The molecule has 8 heteroatoms. The Morgan fingerprint density at radius 2 is 1.86 bits per heavy atom. The summed E-state index contributed by atoms with van der Waals surface area (Å²) in [6.07, 6.45) is 3.37. The van der Waals surface area contributed by atoms with Gasteiger partial charge in [-0.3, -0.25) is 4.90 Å². The molecule has 1 aromatic carbocycles. The predicted octanol–water partition coefficient (Wildman–Crippen LogP) is 1.82. The number of aromatic nitrogens is 4. The maximum absolute atomic E-state index is 5.12. The first kappa shape index (κ1) is 18.4. The number of benzene rings is 1. The van der Waals surface area contributed by atoms with Gasteiger partial charge in [-0.05, 0) is 24.3 Å². The molecule has 0 N–H and O–H groups in total. The summed E-state index contributed by atoms with van der Waals surface area (Å²) in [4.78, 5) is 24.2. The molecule has 1 saturated heterocycles. The second-order valence-electron chi connectivity index (χ2n) is 7.09. The second-order valence-corrected chi connectivity index (χ2v) is 7.09. The molecule has 0 bridgehead atoms. The first-order chi connectivity index (χ1) is 13.6. The fourth-order valence-corrected chi connectivity index (χ4v) is 3.54. The molecule has 0 radical (unpaired) electrons. The Balaban J connectivity index is 1.45. The van der Waals surface area contributed by atoms with Gasteiger partial charge in [0.1, 0.15) is 12.1 Å². The zero-order chi connectivity index (χ0) is 19.5. The number of nitrogens with zero attached hydrogens (tertiary/aromatic N) is 7. The topological polar surface area (TPSA) is 70.5 Å². The van der Waals surface area contributed by atoms with Crippen molar-refractivity contribution >= 4 is 22.4 Å². The fourth-order valence-electron chi connectivity index (χ4n) is 3.54. The Kier molecular flexibility index (Phi) is 5.21. The second kappa shape index (κ2) is 7.93. The van der Waals surface area contributed by atoms with Crippen LogP contribution in [0.15, 0.2) is 36.8 Å². The van der Waals surface area contributed by atoms with Gasteiger partial charge in [0, 0.05) is 64.1 Å². The van der Waals surface area contributed by atoms with Crippen LogP contribution in [0, 0.1) is 0 Å². The molecule has 3 aromatic rings. The summed E-state index contributed by atoms with van der Waals surface area (Å²) in [7, 11) is 5.61. The fraction of sp³-hybridized carbons (Fsp3) is 0.400. The zero-order valence-corrected chi connectivity index (χ0v) is 16.5. The van der Waals surface area contributed by atoms with E-state index in [-0.39, 0.29) is 0 Å². The van der Waals surface area contributed by atoms with E-state index in [4.69, 9.17) is 4.74 Å². The van der Waals surface area contributed by atoms with E-state index in [0.29, 0.717) is 6.01 Å². The van der Waals surface area contributed by atoms with Crippen LogP contribution < -0.4 is 14.5 Å². The van der Waals surface area contributed by atoms with Gasteiger partial charge in [-0.1, -0.05) is 0 Å². The van der Waals surface area contributed by atoms with Crippen molar-refractivity contribution < 1.29 is 4.74 Å². The minimum atomic E-state index is 0.422. The Morgan fingerprint density at radius 3 is 2.61 bits per heavy atom. The molecule has 2 aromatic heterocycles. The Hall–Kier alpha value is -3.00. The van der Waals surface area contributed by atoms with Crippen LogP contribution in [0.2, 0.25) is 0 Å². The quantitative estimate of drug-likeness (QED) is 0.665. The molecule has 1 aliphatic rings. The van der Waals surface area contributed by atoms with Crippen molar-refractivity contribution in [3.63, 3.8) is 0 Å². The maximum Gasteiger partial charge on any atom is 0.316 e. The highest BCUT2D eigenvalue weighted by Gasteiger charge is 2.19. The highest BCUT2D eigenvalue weighted by Crippen LogP contribution is 2.27. The van der Waals surface area contributed by atoms with E-state index in [1.807, 2.05) is 25.1 Å². The van der Waals surface area contributed by atoms with E-state index in [2.05, 4.69) is 47.9 Å². The predicted molar refractivity (Wildman–Crippen MR) is 110 cm³/mol. The molecule has 8 nitrogen and oxygen atoms in total. The van der Waals surface area contributed by atoms with Crippen LogP contribution in [0.25, 0.3) is 10.9 Å². The van der Waals surface area contributed by atoms with Gasteiger partial charge in [0.25, 0.3) is 0 Å². The summed E-state index contributed by atoms with van der Waals surface area (Å²) in [6.45, 7) is 4.72. The molecule has 146 valence electrons. The molecule has 28 heavy (non-hydrogen) atoms. The summed E-state index contributed by atoms with van der Waals surface area (Å²) < 4.78 is 5.12. The third kappa shape index (κ3) is 3.82. The average molecular weight is 379 g/mol. The van der Waals surface area contributed by atoms with Crippen LogP contribution in [0.5, 0.6) is 6.01 Å². The van der Waals surface area contributed by atoms with Crippen LogP contribution >= 0.6 is 0 Å². The molecule has 0 amide bonds. The van der Waals surface area contributed by atoms with E-state index >= 15 is 0 Å². The summed E-state index contributed by atoms with van der Waals surface area (Å²) in [6, 6.07) is 8.81. The van der Waals surface area contributed by atoms with Crippen LogP contribution in [0.1, 0.15) is 5.69 Å². The lowest BCUT2D eigenvalue weighted by Crippen LogP contribution is -2.46. The largest absolute Gasteiger partial charge is 0.467 e. The minimum absolute atomic E-state index is 0.422. The van der Waals surface area contributed by atoms with Gasteiger partial charge in [0.05, 0.1) is 18.3 Å². The minimum Gasteiger partial charge on any atom is -0.467 e. The van der Waals surface area contributed by atoms with E-state index in [1.54, 1.807) is 19.6 Å². The molecular formula is C20H25N7O. The molecule has 1 fully saturated rings. The number of ether oxygens (including phenoxy) is 1. The Morgan fingerprint density at radius 1 is 1.04 bits per heavy atom. The van der Waals surface area contributed by atoms with Crippen molar-refractivity contribution in [1.29, 1.82) is 0 Å². The van der Waals surface area contributed by atoms with Gasteiger partial charge in [0.15, 0.2) is 0 Å². The van der Waals surface area contributed by atoms with Crippen molar-refractivity contribution in [3.05, 3.63) is 42.5 Å². The normalized spacial score (nSPS) is 15.0. The van der Waals surface area contributed by atoms with Crippen molar-refractivity contribution in [2.24, 2.45) is 0 Å². The smallest absolute Gasteiger partial charge is 0.316 e. The number of hydrogen-bond donors (Lipinski definition) is 0. The molecule has 0 atom stereocenters. The van der Waals surface area contributed by atoms with Gasteiger partial charge < -0.3 is 14.5 Å². The number of anilines is 2. The van der Waals surface area contributed by atoms with Crippen LogP contribution in [-0.2, 0) is 6.54 Å². The summed E-state index contributed by atoms with van der Waals surface area (Å²) >= 11 is 0. The van der Waals surface area contributed by atoms with Gasteiger partial charge in [-0.2, -0.15) is 4.98 Å². The molecule has 0 spiro atoms. The van der Waals surface area contributed by atoms with Crippen molar-refractivity contribution in [3.8, 4) is 6.01 Å². The van der Waals surface area contributed by atoms with Crippen molar-refractivity contribution in [2.75, 3.05) is 57.2 Å². The molecule has 4 rings (SSSR count). The van der Waals surface area contributed by atoms with Gasteiger partial charge >= 0.3 is 6.01 Å². The lowest BCUT2D eigenvalue weighted by molar-refractivity contribution is 0.245. The van der Waals surface area contributed by atoms with Crippen molar-refractivity contribution in [2.45, 2.75) is 6.54 Å². The summed E-state index contributed by atoms with van der Waals surface area (Å²) in [5.41, 5.74) is 3.17. The van der Waals surface area contributed by atoms with Gasteiger partial charge in [0.2, 0.25) is 0 Å². The molecular weight excluding hydrogens is 354 g/mol. The van der Waals surface area contributed by atoms with Crippen molar-refractivity contribution in [1.82, 2.24) is 24.8 Å². The first-order valence-corrected chi connectivity index (χ1v) is 9.39. The summed E-state index contributed by atoms with van der Waals surface area (Å²) in [5.74, 6) is 0.947. The Bertz CT molecular complexity index is 954. The lowest BCUT2D eigenvalue weighted by Gasteiger charge is -2.36. The number of rotatable bonds is 5. The van der Waals surface area contributed by atoms with Crippen LogP contribution in [0.4, 0.5) is 11.5 Å².